The highest BCUT2D eigenvalue weighted by molar-refractivity contribution is 6.31. The Balaban J connectivity index is 2.39. The summed E-state index contributed by atoms with van der Waals surface area (Å²) in [6.45, 7) is 0. The van der Waals surface area contributed by atoms with E-state index in [1.807, 2.05) is 0 Å². The number of hydrogen-bond acceptors (Lipinski definition) is 5. The van der Waals surface area contributed by atoms with E-state index in [0.717, 1.165) is 0 Å². The molecule has 2 aromatic rings. The first kappa shape index (κ1) is 10.8. The molecule has 0 aliphatic carbocycles. The van der Waals surface area contributed by atoms with Gasteiger partial charge in [0.15, 0.2) is 5.82 Å². The van der Waals surface area contributed by atoms with Gasteiger partial charge in [-0.15, -0.1) is 10.2 Å². The maximum absolute atomic E-state index is 11.0. The van der Waals surface area contributed by atoms with Crippen LogP contribution in [0, 0.1) is 0 Å². The van der Waals surface area contributed by atoms with E-state index >= 15 is 0 Å². The van der Waals surface area contributed by atoms with E-state index in [9.17, 15) is 4.79 Å². The lowest BCUT2D eigenvalue weighted by Crippen LogP contribution is -2.09. The summed E-state index contributed by atoms with van der Waals surface area (Å²) in [4.78, 5) is 15.2. The number of halogens is 1. The zero-order valence-corrected chi connectivity index (χ0v) is 9.23. The van der Waals surface area contributed by atoms with Crippen molar-refractivity contribution in [3.05, 3.63) is 29.0 Å². The molecule has 0 fully saturated rings. The van der Waals surface area contributed by atoms with E-state index in [2.05, 4.69) is 19.9 Å². The Morgan fingerprint density at radius 2 is 2.19 bits per heavy atom. The van der Waals surface area contributed by atoms with Crippen LogP contribution in [0.15, 0.2) is 18.2 Å². The van der Waals surface area contributed by atoms with Gasteiger partial charge in [-0.1, -0.05) is 11.6 Å². The van der Waals surface area contributed by atoms with Gasteiger partial charge < -0.3 is 4.74 Å². The van der Waals surface area contributed by atoms with Crippen LogP contribution in [0.3, 0.4) is 0 Å². The maximum Gasteiger partial charge on any atom is 0.313 e. The first-order chi connectivity index (χ1) is 7.69. The van der Waals surface area contributed by atoms with Crippen molar-refractivity contribution in [3.63, 3.8) is 0 Å². The van der Waals surface area contributed by atoms with Gasteiger partial charge in [-0.2, -0.15) is 0 Å². The Hall–Kier alpha value is -1.75. The van der Waals surface area contributed by atoms with Crippen LogP contribution >= 0.6 is 11.6 Å². The number of rotatable bonds is 2. The van der Waals surface area contributed by atoms with E-state index in [4.69, 9.17) is 11.6 Å². The van der Waals surface area contributed by atoms with Crippen molar-refractivity contribution in [2.24, 2.45) is 0 Å². The van der Waals surface area contributed by atoms with Crippen molar-refractivity contribution >= 4 is 28.6 Å². The average molecular weight is 238 g/mol. The average Bonchev–Trinajstić information content (AvgIpc) is 2.28. The summed E-state index contributed by atoms with van der Waals surface area (Å²) in [5.41, 5.74) is 1.25. The third-order valence-electron chi connectivity index (χ3n) is 1.99. The lowest BCUT2D eigenvalue weighted by molar-refractivity contribution is -0.139. The number of nitrogens with zero attached hydrogens (tertiary/aromatic N) is 3. The maximum atomic E-state index is 11.0. The van der Waals surface area contributed by atoms with Crippen molar-refractivity contribution in [1.82, 2.24) is 15.2 Å². The molecule has 1 aromatic carbocycles. The number of fused-ring (bicyclic) bond motifs is 1. The van der Waals surface area contributed by atoms with Crippen LogP contribution < -0.4 is 0 Å². The third kappa shape index (κ3) is 2.25. The topological polar surface area (TPSA) is 65.0 Å². The van der Waals surface area contributed by atoms with Crippen LogP contribution in [0.4, 0.5) is 0 Å². The molecule has 82 valence electrons. The Morgan fingerprint density at radius 1 is 1.38 bits per heavy atom. The van der Waals surface area contributed by atoms with Gasteiger partial charge in [0.2, 0.25) is 0 Å². The molecule has 5 nitrogen and oxygen atoms in total. The Morgan fingerprint density at radius 3 is 2.94 bits per heavy atom. The van der Waals surface area contributed by atoms with E-state index in [-0.39, 0.29) is 6.42 Å². The van der Waals surface area contributed by atoms with Crippen molar-refractivity contribution < 1.29 is 9.53 Å². The van der Waals surface area contributed by atoms with Gasteiger partial charge in [0.25, 0.3) is 0 Å². The van der Waals surface area contributed by atoms with Crippen LogP contribution in [0.5, 0.6) is 0 Å². The SMILES string of the molecule is COC(=O)Cc1nnc2ccc(Cl)cc2n1. The molecular weight excluding hydrogens is 230 g/mol. The predicted octanol–water partition coefficient (Wildman–Crippen LogP) is 1.39. The molecule has 16 heavy (non-hydrogen) atoms. The van der Waals surface area contributed by atoms with Crippen LogP contribution in [0.1, 0.15) is 5.82 Å². The highest BCUT2D eigenvalue weighted by Crippen LogP contribution is 2.15. The largest absolute Gasteiger partial charge is 0.469 e. The zero-order chi connectivity index (χ0) is 11.5. The van der Waals surface area contributed by atoms with Crippen molar-refractivity contribution in [3.8, 4) is 0 Å². The van der Waals surface area contributed by atoms with Crippen molar-refractivity contribution in [2.75, 3.05) is 7.11 Å². The highest BCUT2D eigenvalue weighted by Gasteiger charge is 2.07. The summed E-state index contributed by atoms with van der Waals surface area (Å²) in [5.74, 6) is -0.0789. The fraction of sp³-hybridized carbons (Fsp3) is 0.200. The standard InChI is InChI=1S/C10H8ClN3O2/c1-16-10(15)5-9-12-8-4-6(11)2-3-7(8)13-14-9/h2-4H,5H2,1H3. The van der Waals surface area contributed by atoms with Gasteiger partial charge in [-0.3, -0.25) is 4.79 Å². The Labute approximate surface area is 96.4 Å². The van der Waals surface area contributed by atoms with Gasteiger partial charge in [0.05, 0.1) is 12.6 Å². The Kier molecular flexibility index (Phi) is 2.96. The van der Waals surface area contributed by atoms with E-state index in [0.29, 0.717) is 21.9 Å². The number of carbonyl (C=O) groups is 1. The van der Waals surface area contributed by atoms with Crippen LogP contribution in [0.2, 0.25) is 5.02 Å². The number of aromatic nitrogens is 3. The molecule has 1 heterocycles. The molecule has 0 N–H and O–H groups in total. The number of ether oxygens (including phenoxy) is 1. The van der Waals surface area contributed by atoms with Crippen molar-refractivity contribution in [1.29, 1.82) is 0 Å². The van der Waals surface area contributed by atoms with Gasteiger partial charge in [0.1, 0.15) is 11.9 Å². The zero-order valence-electron chi connectivity index (χ0n) is 8.48. The van der Waals surface area contributed by atoms with Gasteiger partial charge in [-0.05, 0) is 18.2 Å². The predicted molar refractivity (Wildman–Crippen MR) is 58.1 cm³/mol. The third-order valence-corrected chi connectivity index (χ3v) is 2.23. The number of hydrogen-bond donors (Lipinski definition) is 0. The molecule has 0 amide bonds. The number of benzene rings is 1. The molecule has 0 bridgehead atoms. The minimum atomic E-state index is -0.400. The minimum Gasteiger partial charge on any atom is -0.469 e. The highest BCUT2D eigenvalue weighted by atomic mass is 35.5. The van der Waals surface area contributed by atoms with E-state index in [1.165, 1.54) is 7.11 Å². The number of esters is 1. The molecule has 2 rings (SSSR count). The van der Waals surface area contributed by atoms with Crippen LogP contribution in [-0.2, 0) is 16.0 Å². The summed E-state index contributed by atoms with van der Waals surface area (Å²) >= 11 is 5.82. The first-order valence-electron chi connectivity index (χ1n) is 4.55. The molecule has 0 saturated carbocycles. The molecule has 0 aliphatic rings. The molecule has 0 atom stereocenters. The van der Waals surface area contributed by atoms with E-state index < -0.39 is 5.97 Å². The summed E-state index contributed by atoms with van der Waals surface area (Å²) in [6.07, 6.45) is 0.00591. The molecule has 1 aromatic heterocycles. The molecule has 0 spiro atoms. The molecule has 6 heteroatoms. The Bertz CT molecular complexity index is 545. The minimum absolute atomic E-state index is 0.00591. The number of carbonyl (C=O) groups excluding carboxylic acids is 1. The monoisotopic (exact) mass is 237 g/mol. The van der Waals surface area contributed by atoms with Gasteiger partial charge in [0, 0.05) is 5.02 Å². The fourth-order valence-electron chi connectivity index (χ4n) is 1.22. The summed E-state index contributed by atoms with van der Waals surface area (Å²) < 4.78 is 4.52. The van der Waals surface area contributed by atoms with Crippen LogP contribution in [0.25, 0.3) is 11.0 Å². The lowest BCUT2D eigenvalue weighted by atomic mass is 10.3. The second kappa shape index (κ2) is 4.40. The molecule has 0 radical (unpaired) electrons. The van der Waals surface area contributed by atoms with Crippen LogP contribution in [-0.4, -0.2) is 28.3 Å². The smallest absolute Gasteiger partial charge is 0.313 e. The van der Waals surface area contributed by atoms with Gasteiger partial charge >= 0.3 is 5.97 Å². The van der Waals surface area contributed by atoms with E-state index in [1.54, 1.807) is 18.2 Å². The summed E-state index contributed by atoms with van der Waals surface area (Å²) in [6, 6.07) is 5.10. The second-order valence-corrected chi connectivity index (χ2v) is 3.55. The normalized spacial score (nSPS) is 10.4. The summed E-state index contributed by atoms with van der Waals surface area (Å²) in [7, 11) is 1.31. The van der Waals surface area contributed by atoms with Crippen molar-refractivity contribution in [2.45, 2.75) is 6.42 Å². The first-order valence-corrected chi connectivity index (χ1v) is 4.92. The molecule has 0 aliphatic heterocycles. The summed E-state index contributed by atoms with van der Waals surface area (Å²) in [5, 5.41) is 8.32. The quantitative estimate of drug-likeness (QED) is 0.739. The number of methoxy groups -OCH3 is 1. The molecular formula is C10H8ClN3O2. The molecule has 0 unspecified atom stereocenters. The fourth-order valence-corrected chi connectivity index (χ4v) is 1.39. The van der Waals surface area contributed by atoms with Gasteiger partial charge in [-0.25, -0.2) is 4.98 Å². The molecule has 0 saturated heterocycles. The lowest BCUT2D eigenvalue weighted by Gasteiger charge is -2.00. The second-order valence-electron chi connectivity index (χ2n) is 3.11.